The molecule has 3 aromatic carbocycles. The number of amides is 1. The molecule has 0 atom stereocenters. The van der Waals surface area contributed by atoms with E-state index in [-0.39, 0.29) is 11.7 Å². The minimum atomic E-state index is -0.135. The highest BCUT2D eigenvalue weighted by Gasteiger charge is 2.12. The van der Waals surface area contributed by atoms with Gasteiger partial charge in [-0.2, -0.15) is 10.2 Å². The van der Waals surface area contributed by atoms with Crippen LogP contribution in [0.25, 0.3) is 0 Å². The molecule has 0 unspecified atom stereocenters. The third kappa shape index (κ3) is 6.52. The number of carbonyl (C=O) groups excluding carboxylic acids is 1. The van der Waals surface area contributed by atoms with Crippen molar-refractivity contribution >= 4 is 34.7 Å². The van der Waals surface area contributed by atoms with E-state index in [0.29, 0.717) is 29.0 Å². The first-order valence-corrected chi connectivity index (χ1v) is 11.6. The smallest absolute Gasteiger partial charge is 0.234 e. The van der Waals surface area contributed by atoms with E-state index in [1.807, 2.05) is 73.1 Å². The maximum Gasteiger partial charge on any atom is 0.234 e. The van der Waals surface area contributed by atoms with E-state index >= 15 is 0 Å². The van der Waals surface area contributed by atoms with E-state index in [1.54, 1.807) is 24.3 Å². The predicted octanol–water partition coefficient (Wildman–Crippen LogP) is 5.85. The largest absolute Gasteiger partial charge is 0.486 e. The number of nitrogens with zero attached hydrogens (tertiary/aromatic N) is 5. The number of thioether (sulfide) groups is 1. The maximum atomic E-state index is 12.4. The lowest BCUT2D eigenvalue weighted by molar-refractivity contribution is -0.113. The van der Waals surface area contributed by atoms with Crippen molar-refractivity contribution in [2.45, 2.75) is 18.7 Å². The van der Waals surface area contributed by atoms with Crippen LogP contribution in [-0.4, -0.2) is 26.4 Å². The van der Waals surface area contributed by atoms with Crippen LogP contribution in [-0.2, 0) is 18.4 Å². The second-order valence-corrected chi connectivity index (χ2v) is 8.42. The Hall–Kier alpha value is -3.98. The molecule has 9 heteroatoms. The molecule has 1 aromatic heterocycles. The molecule has 1 amide bonds. The molecule has 0 saturated carbocycles. The fourth-order valence-corrected chi connectivity index (χ4v) is 3.66. The first-order valence-electron chi connectivity index (χ1n) is 10.6. The van der Waals surface area contributed by atoms with Gasteiger partial charge in [0.25, 0.3) is 0 Å². The van der Waals surface area contributed by atoms with Gasteiger partial charge in [0.1, 0.15) is 12.4 Å². The number of benzene rings is 3. The number of aromatic nitrogens is 3. The summed E-state index contributed by atoms with van der Waals surface area (Å²) in [6.07, 6.45) is 0. The van der Waals surface area contributed by atoms with Gasteiger partial charge in [0.05, 0.1) is 17.1 Å². The molecule has 1 heterocycles. The molecule has 0 aliphatic heterocycles. The SMILES string of the molecule is Cc1ccc(OCc2nnc(SCC(=O)Nc3ccc(N=Nc4ccccc4)cc3)n2C)cc1. The standard InChI is InChI=1S/C25H24N6O2S/c1-18-8-14-22(15-9-18)33-16-23-29-30-25(31(23)2)34-17-24(32)26-19-10-12-21(13-11-19)28-27-20-6-4-3-5-7-20/h3-15H,16-17H2,1-2H3,(H,26,32). The number of hydrogen-bond acceptors (Lipinski definition) is 7. The predicted molar refractivity (Wildman–Crippen MR) is 133 cm³/mol. The Morgan fingerprint density at radius 3 is 2.32 bits per heavy atom. The molecule has 4 rings (SSSR count). The number of nitrogens with one attached hydrogen (secondary N) is 1. The van der Waals surface area contributed by atoms with Gasteiger partial charge in [-0.1, -0.05) is 47.7 Å². The lowest BCUT2D eigenvalue weighted by atomic mass is 10.2. The molecular weight excluding hydrogens is 448 g/mol. The number of aryl methyl sites for hydroxylation is 1. The van der Waals surface area contributed by atoms with Crippen molar-refractivity contribution in [3.8, 4) is 5.75 Å². The number of carbonyl (C=O) groups is 1. The van der Waals surface area contributed by atoms with Crippen molar-refractivity contribution < 1.29 is 9.53 Å². The Bertz CT molecular complexity index is 1260. The number of anilines is 1. The maximum absolute atomic E-state index is 12.4. The van der Waals surface area contributed by atoms with Crippen LogP contribution < -0.4 is 10.1 Å². The summed E-state index contributed by atoms with van der Waals surface area (Å²) in [5.74, 6) is 1.53. The molecule has 172 valence electrons. The Morgan fingerprint density at radius 1 is 0.941 bits per heavy atom. The number of ether oxygens (including phenoxy) is 1. The average molecular weight is 473 g/mol. The van der Waals surface area contributed by atoms with Crippen LogP contribution in [0.2, 0.25) is 0 Å². The summed E-state index contributed by atoms with van der Waals surface area (Å²) in [5.41, 5.74) is 3.35. The summed E-state index contributed by atoms with van der Waals surface area (Å²) in [7, 11) is 1.86. The second kappa shape index (κ2) is 11.2. The molecule has 0 radical (unpaired) electrons. The van der Waals surface area contributed by atoms with Crippen molar-refractivity contribution in [2.24, 2.45) is 17.3 Å². The molecule has 8 nitrogen and oxygen atoms in total. The van der Waals surface area contributed by atoms with Crippen LogP contribution in [0, 0.1) is 6.92 Å². The zero-order valence-corrected chi connectivity index (χ0v) is 19.7. The topological polar surface area (TPSA) is 93.8 Å². The number of rotatable bonds is 9. The number of hydrogen-bond donors (Lipinski definition) is 1. The fourth-order valence-electron chi connectivity index (χ4n) is 2.93. The Labute approximate surface area is 202 Å². The highest BCUT2D eigenvalue weighted by atomic mass is 32.2. The van der Waals surface area contributed by atoms with Crippen molar-refractivity contribution in [3.63, 3.8) is 0 Å². The first kappa shape index (κ1) is 23.2. The van der Waals surface area contributed by atoms with Crippen LogP contribution in [0.1, 0.15) is 11.4 Å². The normalized spacial score (nSPS) is 11.0. The molecule has 0 saturated heterocycles. The van der Waals surface area contributed by atoms with Gasteiger partial charge in [-0.15, -0.1) is 10.2 Å². The van der Waals surface area contributed by atoms with Crippen molar-refractivity contribution in [1.82, 2.24) is 14.8 Å². The molecule has 4 aromatic rings. The quantitative estimate of drug-likeness (QED) is 0.244. The molecular formula is C25H24N6O2S. The van der Waals surface area contributed by atoms with E-state index in [2.05, 4.69) is 25.7 Å². The average Bonchev–Trinajstić information content (AvgIpc) is 3.22. The van der Waals surface area contributed by atoms with Gasteiger partial charge in [0, 0.05) is 12.7 Å². The molecule has 0 aliphatic carbocycles. The highest BCUT2D eigenvalue weighted by Crippen LogP contribution is 2.21. The summed E-state index contributed by atoms with van der Waals surface area (Å²) in [6, 6.07) is 24.5. The third-order valence-electron chi connectivity index (χ3n) is 4.83. The molecule has 0 bridgehead atoms. The van der Waals surface area contributed by atoms with Gasteiger partial charge in [-0.25, -0.2) is 0 Å². The number of azo groups is 1. The van der Waals surface area contributed by atoms with Crippen molar-refractivity contribution in [1.29, 1.82) is 0 Å². The lowest BCUT2D eigenvalue weighted by Crippen LogP contribution is -2.14. The third-order valence-corrected chi connectivity index (χ3v) is 5.85. The minimum Gasteiger partial charge on any atom is -0.486 e. The van der Waals surface area contributed by atoms with Gasteiger partial charge < -0.3 is 14.6 Å². The molecule has 0 spiro atoms. The molecule has 0 aliphatic rings. The second-order valence-electron chi connectivity index (χ2n) is 7.48. The van der Waals surface area contributed by atoms with E-state index in [9.17, 15) is 4.79 Å². The summed E-state index contributed by atoms with van der Waals surface area (Å²) < 4.78 is 7.60. The van der Waals surface area contributed by atoms with Gasteiger partial charge >= 0.3 is 0 Å². The van der Waals surface area contributed by atoms with Gasteiger partial charge in [0.2, 0.25) is 5.91 Å². The lowest BCUT2D eigenvalue weighted by Gasteiger charge is -2.07. The van der Waals surface area contributed by atoms with Crippen LogP contribution in [0.5, 0.6) is 5.75 Å². The van der Waals surface area contributed by atoms with Crippen LogP contribution >= 0.6 is 11.8 Å². The van der Waals surface area contributed by atoms with Crippen LogP contribution in [0.15, 0.2) is 94.2 Å². The monoisotopic (exact) mass is 472 g/mol. The Morgan fingerprint density at radius 2 is 1.62 bits per heavy atom. The van der Waals surface area contributed by atoms with E-state index in [4.69, 9.17) is 4.74 Å². The molecule has 0 fully saturated rings. The zero-order valence-electron chi connectivity index (χ0n) is 18.9. The van der Waals surface area contributed by atoms with Crippen molar-refractivity contribution in [2.75, 3.05) is 11.1 Å². The zero-order chi connectivity index (χ0) is 23.8. The van der Waals surface area contributed by atoms with Crippen LogP contribution in [0.4, 0.5) is 17.1 Å². The van der Waals surface area contributed by atoms with Crippen molar-refractivity contribution in [3.05, 3.63) is 90.3 Å². The van der Waals surface area contributed by atoms with Crippen LogP contribution in [0.3, 0.4) is 0 Å². The van der Waals surface area contributed by atoms with E-state index in [0.717, 1.165) is 11.4 Å². The molecule has 34 heavy (non-hydrogen) atoms. The van der Waals surface area contributed by atoms with E-state index in [1.165, 1.54) is 17.3 Å². The summed E-state index contributed by atoms with van der Waals surface area (Å²) in [6.45, 7) is 2.33. The Balaban J connectivity index is 1.25. The minimum absolute atomic E-state index is 0.135. The van der Waals surface area contributed by atoms with Gasteiger partial charge in [-0.3, -0.25) is 4.79 Å². The van der Waals surface area contributed by atoms with E-state index < -0.39 is 0 Å². The summed E-state index contributed by atoms with van der Waals surface area (Å²) in [4.78, 5) is 12.4. The van der Waals surface area contributed by atoms with Gasteiger partial charge in [0.15, 0.2) is 11.0 Å². The molecule has 1 N–H and O–H groups in total. The highest BCUT2D eigenvalue weighted by molar-refractivity contribution is 7.99. The summed E-state index contributed by atoms with van der Waals surface area (Å²) in [5, 5.41) is 20.3. The Kier molecular flexibility index (Phi) is 7.67. The summed E-state index contributed by atoms with van der Waals surface area (Å²) >= 11 is 1.32. The van der Waals surface area contributed by atoms with Gasteiger partial charge in [-0.05, 0) is 55.5 Å². The fraction of sp³-hybridized carbons (Fsp3) is 0.160. The first-order chi connectivity index (χ1) is 16.6.